The first-order valence-electron chi connectivity index (χ1n) is 11.0. The van der Waals surface area contributed by atoms with Crippen LogP contribution in [0.1, 0.15) is 22.0 Å². The van der Waals surface area contributed by atoms with Crippen LogP contribution >= 0.6 is 0 Å². The van der Waals surface area contributed by atoms with Crippen molar-refractivity contribution in [3.05, 3.63) is 95.8 Å². The van der Waals surface area contributed by atoms with Crippen LogP contribution in [-0.4, -0.2) is 55.6 Å². The first-order chi connectivity index (χ1) is 16.8. The van der Waals surface area contributed by atoms with Crippen LogP contribution < -0.4 is 11.1 Å². The molecule has 35 heavy (non-hydrogen) atoms. The second kappa shape index (κ2) is 10.3. The normalized spacial score (nSPS) is 15.9. The predicted octanol–water partition coefficient (Wildman–Crippen LogP) is 2.61. The summed E-state index contributed by atoms with van der Waals surface area (Å²) in [6.07, 6.45) is 0. The Morgan fingerprint density at radius 1 is 0.857 bits per heavy atom. The van der Waals surface area contributed by atoms with Crippen molar-refractivity contribution in [2.24, 2.45) is 5.73 Å². The number of hydrogen-bond donors (Lipinski definition) is 2. The summed E-state index contributed by atoms with van der Waals surface area (Å²) >= 11 is 0. The van der Waals surface area contributed by atoms with Crippen molar-refractivity contribution in [1.29, 1.82) is 0 Å². The molecule has 0 bridgehead atoms. The highest BCUT2D eigenvalue weighted by molar-refractivity contribution is 7.89. The van der Waals surface area contributed by atoms with Gasteiger partial charge in [-0.2, -0.15) is 4.31 Å². The summed E-state index contributed by atoms with van der Waals surface area (Å²) in [5.74, 6) is -1.32. The van der Waals surface area contributed by atoms with Crippen molar-refractivity contribution in [3.63, 3.8) is 0 Å². The third-order valence-corrected chi connectivity index (χ3v) is 7.80. The number of benzene rings is 3. The molecule has 3 aromatic carbocycles. The van der Waals surface area contributed by atoms with Gasteiger partial charge in [0.1, 0.15) is 11.9 Å². The fraction of sp³-hybridized carbons (Fsp3) is 0.200. The minimum atomic E-state index is -3.77. The third-order valence-electron chi connectivity index (χ3n) is 5.89. The molecule has 1 saturated heterocycles. The zero-order valence-electron chi connectivity index (χ0n) is 18.8. The molecular formula is C25H25FN4O4S. The van der Waals surface area contributed by atoms with E-state index in [-0.39, 0.29) is 29.5 Å². The molecule has 10 heteroatoms. The molecule has 1 fully saturated rings. The van der Waals surface area contributed by atoms with Gasteiger partial charge in [-0.1, -0.05) is 30.3 Å². The van der Waals surface area contributed by atoms with Crippen molar-refractivity contribution < 1.29 is 22.4 Å². The summed E-state index contributed by atoms with van der Waals surface area (Å²) in [6, 6.07) is 19.6. The second-order valence-corrected chi connectivity index (χ2v) is 10.1. The van der Waals surface area contributed by atoms with Crippen LogP contribution in [0.15, 0.2) is 83.8 Å². The van der Waals surface area contributed by atoms with Crippen molar-refractivity contribution in [3.8, 4) is 0 Å². The van der Waals surface area contributed by atoms with Crippen LogP contribution in [0.25, 0.3) is 0 Å². The van der Waals surface area contributed by atoms with E-state index in [2.05, 4.69) is 5.32 Å². The number of anilines is 1. The number of nitrogens with one attached hydrogen (secondary N) is 1. The molecule has 4 rings (SSSR count). The smallest absolute Gasteiger partial charge is 0.248 e. The highest BCUT2D eigenvalue weighted by atomic mass is 32.2. The molecule has 3 aromatic rings. The Labute approximate surface area is 203 Å². The zero-order valence-corrected chi connectivity index (χ0v) is 19.6. The number of hydrogen-bond acceptors (Lipinski definition) is 5. The largest absolute Gasteiger partial charge is 0.366 e. The number of piperazine rings is 1. The Kier molecular flexibility index (Phi) is 7.25. The lowest BCUT2D eigenvalue weighted by molar-refractivity contribution is -0.122. The van der Waals surface area contributed by atoms with E-state index in [1.54, 1.807) is 0 Å². The van der Waals surface area contributed by atoms with E-state index in [4.69, 9.17) is 5.73 Å². The van der Waals surface area contributed by atoms with Gasteiger partial charge in [0.05, 0.1) is 4.90 Å². The number of nitrogens with zero attached hydrogens (tertiary/aromatic N) is 2. The van der Waals surface area contributed by atoms with E-state index in [1.165, 1.54) is 52.8 Å². The van der Waals surface area contributed by atoms with Gasteiger partial charge in [0.25, 0.3) is 0 Å². The highest BCUT2D eigenvalue weighted by Gasteiger charge is 2.34. The quantitative estimate of drug-likeness (QED) is 0.522. The molecule has 1 aliphatic rings. The third kappa shape index (κ3) is 5.56. The number of nitrogens with two attached hydrogens (primary N) is 1. The van der Waals surface area contributed by atoms with Gasteiger partial charge in [0, 0.05) is 37.4 Å². The highest BCUT2D eigenvalue weighted by Crippen LogP contribution is 2.26. The molecule has 1 atom stereocenters. The molecule has 0 spiro atoms. The lowest BCUT2D eigenvalue weighted by atomic mass is 10.0. The number of halogens is 1. The molecule has 1 aliphatic heterocycles. The summed E-state index contributed by atoms with van der Waals surface area (Å²) < 4.78 is 40.8. The Morgan fingerprint density at radius 2 is 1.46 bits per heavy atom. The van der Waals surface area contributed by atoms with Crippen molar-refractivity contribution in [2.45, 2.75) is 10.9 Å². The molecule has 0 aliphatic carbocycles. The molecule has 0 unspecified atom stereocenters. The fourth-order valence-electron chi connectivity index (χ4n) is 4.05. The van der Waals surface area contributed by atoms with Crippen LogP contribution in [0.5, 0.6) is 0 Å². The molecule has 182 valence electrons. The summed E-state index contributed by atoms with van der Waals surface area (Å²) in [7, 11) is -3.77. The second-order valence-electron chi connectivity index (χ2n) is 8.14. The summed E-state index contributed by atoms with van der Waals surface area (Å²) in [5.41, 5.74) is 6.70. The average Bonchev–Trinajstić information content (AvgIpc) is 2.86. The maximum Gasteiger partial charge on any atom is 0.248 e. The minimum absolute atomic E-state index is 0.0737. The van der Waals surface area contributed by atoms with Gasteiger partial charge in [0.2, 0.25) is 21.8 Å². The fourth-order valence-corrected chi connectivity index (χ4v) is 5.47. The average molecular weight is 497 g/mol. The molecule has 1 heterocycles. The number of amides is 2. The van der Waals surface area contributed by atoms with E-state index in [9.17, 15) is 22.4 Å². The topological polar surface area (TPSA) is 113 Å². The van der Waals surface area contributed by atoms with E-state index in [1.807, 2.05) is 35.2 Å². The van der Waals surface area contributed by atoms with Gasteiger partial charge in [-0.3, -0.25) is 14.5 Å². The van der Waals surface area contributed by atoms with Gasteiger partial charge in [-0.25, -0.2) is 12.8 Å². The van der Waals surface area contributed by atoms with E-state index in [0.717, 1.165) is 5.56 Å². The standard InChI is InChI=1S/C25H25FN4O4S/c26-20-8-10-21(11-9-20)28-25(32)23(18-4-2-1-3-5-18)29-14-16-30(17-15-29)35(33,34)22-12-6-19(7-13-22)24(27)31/h1-13,23H,14-17H2,(H2,27,31)(H,28,32)/t23-/m1/s1. The van der Waals surface area contributed by atoms with Gasteiger partial charge in [-0.05, 0) is 54.1 Å². The van der Waals surface area contributed by atoms with Gasteiger partial charge >= 0.3 is 0 Å². The van der Waals surface area contributed by atoms with Crippen LogP contribution in [0.4, 0.5) is 10.1 Å². The molecule has 0 aromatic heterocycles. The van der Waals surface area contributed by atoms with Gasteiger partial charge in [0.15, 0.2) is 0 Å². The number of primary amides is 1. The lowest BCUT2D eigenvalue weighted by Crippen LogP contribution is -2.51. The molecule has 8 nitrogen and oxygen atoms in total. The van der Waals surface area contributed by atoms with E-state index >= 15 is 0 Å². The zero-order chi connectivity index (χ0) is 25.0. The molecular weight excluding hydrogens is 471 g/mol. The van der Waals surface area contributed by atoms with Crippen LogP contribution in [0, 0.1) is 5.82 Å². The molecule has 0 radical (unpaired) electrons. The minimum Gasteiger partial charge on any atom is -0.366 e. The first kappa shape index (κ1) is 24.5. The van der Waals surface area contributed by atoms with Crippen LogP contribution in [-0.2, 0) is 14.8 Å². The SMILES string of the molecule is NC(=O)c1ccc(S(=O)(=O)N2CCN([C@@H](C(=O)Nc3ccc(F)cc3)c3ccccc3)CC2)cc1. The summed E-state index contributed by atoms with van der Waals surface area (Å²) in [6.45, 7) is 1.03. The Bertz CT molecular complexity index is 1290. The Balaban J connectivity index is 1.50. The molecule has 0 saturated carbocycles. The van der Waals surface area contributed by atoms with Crippen molar-refractivity contribution in [2.75, 3.05) is 31.5 Å². The lowest BCUT2D eigenvalue weighted by Gasteiger charge is -2.38. The Hall–Kier alpha value is -3.60. The van der Waals surface area contributed by atoms with Gasteiger partial charge in [-0.15, -0.1) is 0 Å². The van der Waals surface area contributed by atoms with Crippen molar-refractivity contribution >= 4 is 27.5 Å². The molecule has 3 N–H and O–H groups in total. The van der Waals surface area contributed by atoms with Crippen LogP contribution in [0.3, 0.4) is 0 Å². The van der Waals surface area contributed by atoms with E-state index in [0.29, 0.717) is 18.8 Å². The maximum atomic E-state index is 13.3. The van der Waals surface area contributed by atoms with Crippen molar-refractivity contribution in [1.82, 2.24) is 9.21 Å². The number of carbonyl (C=O) groups is 2. The molecule has 2 amide bonds. The maximum absolute atomic E-state index is 13.3. The number of sulfonamides is 1. The predicted molar refractivity (Wildman–Crippen MR) is 130 cm³/mol. The van der Waals surface area contributed by atoms with Crippen LogP contribution in [0.2, 0.25) is 0 Å². The van der Waals surface area contributed by atoms with Gasteiger partial charge < -0.3 is 11.1 Å². The first-order valence-corrected chi connectivity index (χ1v) is 12.4. The number of rotatable bonds is 7. The monoisotopic (exact) mass is 496 g/mol. The summed E-state index contributed by atoms with van der Waals surface area (Å²) in [4.78, 5) is 26.5. The van der Waals surface area contributed by atoms with E-state index < -0.39 is 27.8 Å². The number of carbonyl (C=O) groups excluding carboxylic acids is 2. The summed E-state index contributed by atoms with van der Waals surface area (Å²) in [5, 5.41) is 2.83. The Morgan fingerprint density at radius 3 is 2.03 bits per heavy atom.